The Kier molecular flexibility index (Phi) is 4.46. The summed E-state index contributed by atoms with van der Waals surface area (Å²) in [5.41, 5.74) is 5.79. The van der Waals surface area contributed by atoms with E-state index in [0.717, 1.165) is 13.0 Å². The first-order valence-electron chi connectivity index (χ1n) is 5.57. The molecule has 1 fully saturated rings. The number of amides is 1. The number of carbonyl (C=O) groups is 1. The molecule has 1 unspecified atom stereocenters. The van der Waals surface area contributed by atoms with E-state index in [4.69, 9.17) is 5.73 Å². The molecular weight excluding hydrogens is 208 g/mol. The maximum atomic E-state index is 11.6. The SMILES string of the molecule is CSC1(CNC(=O)C(N)CC(C)C)CC1. The highest BCUT2D eigenvalue weighted by molar-refractivity contribution is 8.00. The summed E-state index contributed by atoms with van der Waals surface area (Å²) >= 11 is 1.85. The Labute approximate surface area is 96.6 Å². The van der Waals surface area contributed by atoms with Crippen LogP contribution in [0.25, 0.3) is 0 Å². The molecule has 1 aliphatic carbocycles. The van der Waals surface area contributed by atoms with Gasteiger partial charge in [-0.3, -0.25) is 4.79 Å². The van der Waals surface area contributed by atoms with Crippen LogP contribution in [0.1, 0.15) is 33.1 Å². The Balaban J connectivity index is 2.23. The molecule has 0 radical (unpaired) electrons. The fraction of sp³-hybridized carbons (Fsp3) is 0.909. The van der Waals surface area contributed by atoms with Gasteiger partial charge in [-0.2, -0.15) is 11.8 Å². The molecule has 3 nitrogen and oxygen atoms in total. The molecule has 1 amide bonds. The quantitative estimate of drug-likeness (QED) is 0.724. The Morgan fingerprint density at radius 3 is 2.53 bits per heavy atom. The highest BCUT2D eigenvalue weighted by atomic mass is 32.2. The van der Waals surface area contributed by atoms with Gasteiger partial charge >= 0.3 is 0 Å². The number of nitrogens with one attached hydrogen (secondary N) is 1. The molecule has 3 N–H and O–H groups in total. The Bertz CT molecular complexity index is 227. The summed E-state index contributed by atoms with van der Waals surface area (Å²) in [5.74, 6) is 0.477. The van der Waals surface area contributed by atoms with Crippen molar-refractivity contribution in [1.82, 2.24) is 5.32 Å². The van der Waals surface area contributed by atoms with Gasteiger partial charge in [0.25, 0.3) is 0 Å². The Morgan fingerprint density at radius 2 is 2.13 bits per heavy atom. The van der Waals surface area contributed by atoms with Gasteiger partial charge in [0.05, 0.1) is 6.04 Å². The zero-order chi connectivity index (χ0) is 11.5. The molecule has 0 aliphatic heterocycles. The monoisotopic (exact) mass is 230 g/mol. The zero-order valence-corrected chi connectivity index (χ0v) is 10.7. The summed E-state index contributed by atoms with van der Waals surface area (Å²) in [6.07, 6.45) is 5.30. The van der Waals surface area contributed by atoms with Crippen LogP contribution >= 0.6 is 11.8 Å². The van der Waals surface area contributed by atoms with Crippen LogP contribution < -0.4 is 11.1 Å². The first-order chi connectivity index (χ1) is 6.99. The number of hydrogen-bond donors (Lipinski definition) is 2. The second kappa shape index (κ2) is 5.21. The van der Waals surface area contributed by atoms with Gasteiger partial charge in [-0.15, -0.1) is 0 Å². The van der Waals surface area contributed by atoms with E-state index in [1.165, 1.54) is 12.8 Å². The van der Waals surface area contributed by atoms with Crippen LogP contribution in [-0.4, -0.2) is 29.5 Å². The first-order valence-corrected chi connectivity index (χ1v) is 6.80. The summed E-state index contributed by atoms with van der Waals surface area (Å²) in [5, 5.41) is 2.96. The number of thioether (sulfide) groups is 1. The van der Waals surface area contributed by atoms with Crippen molar-refractivity contribution < 1.29 is 4.79 Å². The second-order valence-corrected chi connectivity index (χ2v) is 6.12. The highest BCUT2D eigenvalue weighted by Gasteiger charge is 2.42. The van der Waals surface area contributed by atoms with Gasteiger partial charge < -0.3 is 11.1 Å². The molecule has 4 heteroatoms. The molecule has 1 atom stereocenters. The van der Waals surface area contributed by atoms with Crippen LogP contribution in [0.15, 0.2) is 0 Å². The molecule has 0 aromatic heterocycles. The standard InChI is InChI=1S/C11H22N2OS/c1-8(2)6-9(12)10(14)13-7-11(15-3)4-5-11/h8-9H,4-7,12H2,1-3H3,(H,13,14). The molecule has 15 heavy (non-hydrogen) atoms. The molecule has 0 aromatic carbocycles. The van der Waals surface area contributed by atoms with E-state index in [-0.39, 0.29) is 11.9 Å². The van der Waals surface area contributed by atoms with E-state index in [2.05, 4.69) is 25.4 Å². The van der Waals surface area contributed by atoms with Gasteiger partial charge in [0.1, 0.15) is 0 Å². The fourth-order valence-corrected chi connectivity index (χ4v) is 2.31. The minimum atomic E-state index is -0.345. The summed E-state index contributed by atoms with van der Waals surface area (Å²) in [6, 6.07) is -0.345. The maximum Gasteiger partial charge on any atom is 0.236 e. The number of nitrogens with two attached hydrogens (primary N) is 1. The van der Waals surface area contributed by atoms with Gasteiger partial charge in [0.2, 0.25) is 5.91 Å². The van der Waals surface area contributed by atoms with E-state index in [1.807, 2.05) is 11.8 Å². The number of hydrogen-bond acceptors (Lipinski definition) is 3. The van der Waals surface area contributed by atoms with Gasteiger partial charge in [-0.1, -0.05) is 13.8 Å². The van der Waals surface area contributed by atoms with Crippen molar-refractivity contribution >= 4 is 17.7 Å². The smallest absolute Gasteiger partial charge is 0.236 e. The molecule has 1 rings (SSSR count). The molecule has 0 bridgehead atoms. The van der Waals surface area contributed by atoms with Crippen molar-refractivity contribution in [2.45, 2.75) is 43.9 Å². The summed E-state index contributed by atoms with van der Waals surface area (Å²) < 4.78 is 0.327. The van der Waals surface area contributed by atoms with Crippen molar-refractivity contribution in [2.75, 3.05) is 12.8 Å². The lowest BCUT2D eigenvalue weighted by atomic mass is 10.0. The Morgan fingerprint density at radius 1 is 1.53 bits per heavy atom. The van der Waals surface area contributed by atoms with E-state index in [1.54, 1.807) is 0 Å². The molecule has 0 spiro atoms. The van der Waals surface area contributed by atoms with Crippen LogP contribution in [-0.2, 0) is 4.79 Å². The molecular formula is C11H22N2OS. The van der Waals surface area contributed by atoms with Gasteiger partial charge in [-0.25, -0.2) is 0 Å². The topological polar surface area (TPSA) is 55.1 Å². The van der Waals surface area contributed by atoms with Crippen LogP contribution in [0, 0.1) is 5.92 Å². The fourth-order valence-electron chi connectivity index (χ4n) is 1.59. The van der Waals surface area contributed by atoms with E-state index >= 15 is 0 Å². The summed E-state index contributed by atoms with van der Waals surface area (Å²) in [4.78, 5) is 11.6. The van der Waals surface area contributed by atoms with Crippen molar-refractivity contribution in [3.8, 4) is 0 Å². The maximum absolute atomic E-state index is 11.6. The van der Waals surface area contributed by atoms with Crippen molar-refractivity contribution in [3.05, 3.63) is 0 Å². The lowest BCUT2D eigenvalue weighted by molar-refractivity contribution is -0.122. The molecule has 1 aliphatic rings. The van der Waals surface area contributed by atoms with Crippen LogP contribution in [0.3, 0.4) is 0 Å². The van der Waals surface area contributed by atoms with E-state index in [9.17, 15) is 4.79 Å². The van der Waals surface area contributed by atoms with Crippen LogP contribution in [0.2, 0.25) is 0 Å². The molecule has 1 saturated carbocycles. The highest BCUT2D eigenvalue weighted by Crippen LogP contribution is 2.46. The lowest BCUT2D eigenvalue weighted by Gasteiger charge is -2.17. The van der Waals surface area contributed by atoms with Crippen molar-refractivity contribution in [3.63, 3.8) is 0 Å². The minimum absolute atomic E-state index is 0.00373. The summed E-state index contributed by atoms with van der Waals surface area (Å²) in [6.45, 7) is 4.94. The molecule has 0 saturated heterocycles. The van der Waals surface area contributed by atoms with Crippen LogP contribution in [0.4, 0.5) is 0 Å². The third-order valence-electron chi connectivity index (χ3n) is 2.89. The van der Waals surface area contributed by atoms with Crippen molar-refractivity contribution in [1.29, 1.82) is 0 Å². The number of carbonyl (C=O) groups excluding carboxylic acids is 1. The molecule has 88 valence electrons. The predicted octanol–water partition coefficient (Wildman–Crippen LogP) is 1.37. The molecule has 0 aromatic rings. The Hall–Kier alpha value is -0.220. The average Bonchev–Trinajstić information content (AvgIpc) is 2.94. The van der Waals surface area contributed by atoms with Gasteiger partial charge in [-0.05, 0) is 31.4 Å². The zero-order valence-electron chi connectivity index (χ0n) is 9.88. The number of rotatable bonds is 6. The minimum Gasteiger partial charge on any atom is -0.353 e. The van der Waals surface area contributed by atoms with E-state index in [0.29, 0.717) is 10.7 Å². The first kappa shape index (κ1) is 12.8. The average molecular weight is 230 g/mol. The van der Waals surface area contributed by atoms with Crippen molar-refractivity contribution in [2.24, 2.45) is 11.7 Å². The van der Waals surface area contributed by atoms with Crippen LogP contribution in [0.5, 0.6) is 0 Å². The third-order valence-corrected chi connectivity index (χ3v) is 4.31. The lowest BCUT2D eigenvalue weighted by Crippen LogP contribution is -2.44. The van der Waals surface area contributed by atoms with Gasteiger partial charge in [0.15, 0.2) is 0 Å². The van der Waals surface area contributed by atoms with Gasteiger partial charge in [0, 0.05) is 11.3 Å². The normalized spacial score (nSPS) is 20.1. The predicted molar refractivity (Wildman–Crippen MR) is 65.9 cm³/mol. The third kappa shape index (κ3) is 4.03. The second-order valence-electron chi connectivity index (χ2n) is 4.84. The summed E-state index contributed by atoms with van der Waals surface area (Å²) in [7, 11) is 0. The largest absolute Gasteiger partial charge is 0.353 e. The van der Waals surface area contributed by atoms with E-state index < -0.39 is 0 Å². The molecule has 0 heterocycles.